The van der Waals surface area contributed by atoms with Crippen molar-refractivity contribution in [3.05, 3.63) is 149 Å². The fourth-order valence-corrected chi connectivity index (χ4v) is 6.10. The van der Waals surface area contributed by atoms with Crippen molar-refractivity contribution in [2.75, 3.05) is 0 Å². The molecular weight excluding hydrogens is 742 g/mol. The van der Waals surface area contributed by atoms with Gasteiger partial charge in [-0.1, -0.05) is 76.9 Å². The Balaban J connectivity index is 0.000000260. The van der Waals surface area contributed by atoms with Crippen molar-refractivity contribution >= 4 is 24.8 Å². The van der Waals surface area contributed by atoms with Crippen molar-refractivity contribution in [3.63, 3.8) is 0 Å². The van der Waals surface area contributed by atoms with Gasteiger partial charge in [0.1, 0.15) is 0 Å². The minimum Gasteiger partial charge on any atom is -1.00 e. The van der Waals surface area contributed by atoms with E-state index in [2.05, 4.69) is 159 Å². The minimum atomic E-state index is 0. The van der Waals surface area contributed by atoms with Gasteiger partial charge in [-0.3, -0.25) is 6.08 Å². The molecule has 0 saturated heterocycles. The van der Waals surface area contributed by atoms with Gasteiger partial charge in [0.2, 0.25) is 0 Å². The fourth-order valence-electron chi connectivity index (χ4n) is 4.90. The molecule has 5 aromatic rings. The van der Waals surface area contributed by atoms with Crippen LogP contribution in [0.1, 0.15) is 81.3 Å². The molecule has 0 radical (unpaired) electrons. The van der Waals surface area contributed by atoms with Crippen molar-refractivity contribution in [1.82, 2.24) is 0 Å². The Labute approximate surface area is 292 Å². The second-order valence-corrected chi connectivity index (χ2v) is 15.2. The summed E-state index contributed by atoms with van der Waals surface area (Å²) in [6.45, 7) is 17.9. The number of hydrogen-bond donors (Lipinski definition) is 0. The van der Waals surface area contributed by atoms with E-state index in [9.17, 15) is 0 Å². The third-order valence-corrected chi connectivity index (χ3v) is 9.78. The zero-order valence-corrected chi connectivity index (χ0v) is 32.5. The van der Waals surface area contributed by atoms with E-state index >= 15 is 0 Å². The summed E-state index contributed by atoms with van der Waals surface area (Å²) in [6.07, 6.45) is 10.0. The van der Waals surface area contributed by atoms with Crippen LogP contribution < -0.4 is 24.8 Å². The van der Waals surface area contributed by atoms with Crippen LogP contribution in [0.2, 0.25) is 0 Å². The maximum atomic E-state index is 2.99. The van der Waals surface area contributed by atoms with Crippen LogP contribution in [-0.2, 0) is 34.7 Å². The molecule has 0 atom stereocenters. The molecule has 0 spiro atoms. The molecule has 0 amide bonds. The van der Waals surface area contributed by atoms with Gasteiger partial charge in [0.05, 0.1) is 0 Å². The Morgan fingerprint density at radius 1 is 0.636 bits per heavy atom. The first-order valence-electron chi connectivity index (χ1n) is 14.9. The van der Waals surface area contributed by atoms with E-state index in [1.165, 1.54) is 58.2 Å². The Bertz CT molecular complexity index is 1590. The average Bonchev–Trinajstić information content (AvgIpc) is 3.64. The zero-order chi connectivity index (χ0) is 30.5. The Morgan fingerprint density at radius 2 is 1.05 bits per heavy atom. The van der Waals surface area contributed by atoms with Crippen LogP contribution in [0.15, 0.2) is 109 Å². The van der Waals surface area contributed by atoms with E-state index in [0.29, 0.717) is 0 Å². The van der Waals surface area contributed by atoms with Crippen LogP contribution >= 0.6 is 0 Å². The number of allylic oxidation sites excluding steroid dienone is 4. The van der Waals surface area contributed by atoms with Crippen LogP contribution in [0, 0.1) is 19.9 Å². The summed E-state index contributed by atoms with van der Waals surface area (Å²) in [7, 11) is 0. The molecule has 1 aliphatic carbocycles. The molecule has 0 bridgehead atoms. The number of rotatable bonds is 2. The van der Waals surface area contributed by atoms with Gasteiger partial charge in [-0.05, 0) is 10.8 Å². The van der Waals surface area contributed by atoms with E-state index in [1.807, 2.05) is 12.2 Å². The van der Waals surface area contributed by atoms with Gasteiger partial charge in [-0.15, -0.1) is 46.2 Å². The second kappa shape index (κ2) is 16.2. The molecule has 0 aliphatic heterocycles. The van der Waals surface area contributed by atoms with Gasteiger partial charge >= 0.3 is 112 Å². The third-order valence-electron chi connectivity index (χ3n) is 7.70. The molecule has 5 aromatic carbocycles. The third kappa shape index (κ3) is 10.0. The van der Waals surface area contributed by atoms with Crippen LogP contribution in [0.3, 0.4) is 0 Å². The van der Waals surface area contributed by atoms with Gasteiger partial charge in [0, 0.05) is 0 Å². The standard InChI is InChI=1S/C21H25.C15H14.C5H5.2ClH.Hf/c1-20(2,3)16-7-9-18-14(12-16)11-15-13-17(21(4,5)6)8-10-19(15)18;1-12-3-7-14(8-4-12)11-15-9-5-13(2)6-10-15;1-2-4-5-3-1;;;/h7-13H,1-6H3;3-10H,1-2H3;1-3H,4H2;2*1H;/q-1;;-1;;;+2/p-2. The van der Waals surface area contributed by atoms with Gasteiger partial charge in [-0.2, -0.15) is 6.08 Å². The van der Waals surface area contributed by atoms with Crippen molar-refractivity contribution in [1.29, 1.82) is 0 Å². The molecule has 0 fully saturated rings. The van der Waals surface area contributed by atoms with Crippen LogP contribution in [0.25, 0.3) is 21.5 Å². The minimum absolute atomic E-state index is 0. The van der Waals surface area contributed by atoms with Crippen LogP contribution in [0.4, 0.5) is 0 Å². The number of fused-ring (bicyclic) bond motifs is 3. The zero-order valence-electron chi connectivity index (χ0n) is 27.4. The summed E-state index contributed by atoms with van der Waals surface area (Å²) in [6, 6.07) is 33.8. The summed E-state index contributed by atoms with van der Waals surface area (Å²) in [5.74, 6) is 0. The molecule has 228 valence electrons. The SMILES string of the molecule is CC(C)(C)c1ccc2c(c1)[cH-]c1cc(C(C)(C)C)ccc12.Cc1ccc([C](=[Hf+2])c2ccc(C)cc2)cc1.[C-]1=CC=CC1.[Cl-].[Cl-]. The molecule has 1 aliphatic rings. The summed E-state index contributed by atoms with van der Waals surface area (Å²) in [5, 5.41) is 5.48. The Hall–Kier alpha value is -2.45. The van der Waals surface area contributed by atoms with Gasteiger partial charge < -0.3 is 24.8 Å². The first-order valence-corrected chi connectivity index (χ1v) is 16.7. The largest absolute Gasteiger partial charge is 1.00 e. The van der Waals surface area contributed by atoms with Crippen molar-refractivity contribution in [2.45, 2.75) is 72.6 Å². The van der Waals surface area contributed by atoms with Crippen molar-refractivity contribution < 1.29 is 48.7 Å². The normalized spacial score (nSPS) is 12.0. The maximum absolute atomic E-state index is 2.99. The van der Waals surface area contributed by atoms with Gasteiger partial charge in [-0.25, -0.2) is 12.2 Å². The molecule has 44 heavy (non-hydrogen) atoms. The van der Waals surface area contributed by atoms with E-state index in [1.54, 1.807) is 0 Å². The summed E-state index contributed by atoms with van der Waals surface area (Å²) in [5.41, 5.74) is 8.58. The van der Waals surface area contributed by atoms with E-state index in [4.69, 9.17) is 0 Å². The predicted octanol–water partition coefficient (Wildman–Crippen LogP) is 5.04. The van der Waals surface area contributed by atoms with Gasteiger partial charge in [0.15, 0.2) is 0 Å². The van der Waals surface area contributed by atoms with Crippen molar-refractivity contribution in [3.8, 4) is 0 Å². The molecule has 0 saturated carbocycles. The average molecular weight is 786 g/mol. The summed E-state index contributed by atoms with van der Waals surface area (Å²) >= 11 is 1.08. The molecule has 0 nitrogen and oxygen atoms in total. The van der Waals surface area contributed by atoms with E-state index < -0.39 is 0 Å². The molecular formula is C41H44Cl2Hf-2. The van der Waals surface area contributed by atoms with Crippen LogP contribution in [0.5, 0.6) is 0 Å². The Kier molecular flexibility index (Phi) is 13.9. The molecule has 6 rings (SSSR count). The number of aryl methyl sites for hydroxylation is 2. The molecule has 0 aromatic heterocycles. The van der Waals surface area contributed by atoms with Crippen molar-refractivity contribution in [2.24, 2.45) is 0 Å². The monoisotopic (exact) mass is 786 g/mol. The molecule has 0 heterocycles. The smallest absolute Gasteiger partial charge is 0.109 e. The van der Waals surface area contributed by atoms with E-state index in [0.717, 1.165) is 30.3 Å². The maximum Gasteiger partial charge on any atom is -0.109 e. The molecule has 0 unspecified atom stereocenters. The topological polar surface area (TPSA) is 0 Å². The summed E-state index contributed by atoms with van der Waals surface area (Å²) < 4.78 is 1.47. The fraction of sp³-hybridized carbons (Fsp3) is 0.268. The first-order chi connectivity index (χ1) is 19.8. The molecule has 0 N–H and O–H groups in total. The van der Waals surface area contributed by atoms with E-state index in [-0.39, 0.29) is 35.6 Å². The summed E-state index contributed by atoms with van der Waals surface area (Å²) in [4.78, 5) is 0. The second-order valence-electron chi connectivity index (χ2n) is 13.4. The number of hydrogen-bond acceptors (Lipinski definition) is 0. The molecule has 3 heteroatoms. The number of benzene rings is 4. The Morgan fingerprint density at radius 3 is 1.34 bits per heavy atom. The predicted molar refractivity (Wildman–Crippen MR) is 182 cm³/mol. The van der Waals surface area contributed by atoms with Gasteiger partial charge in [0.25, 0.3) is 0 Å². The first kappa shape index (κ1) is 37.7. The number of halogens is 2. The van der Waals surface area contributed by atoms with Crippen LogP contribution in [-0.4, -0.2) is 3.26 Å². The quantitative estimate of drug-likeness (QED) is 0.174.